The lowest BCUT2D eigenvalue weighted by molar-refractivity contribution is 0.223. The Kier molecular flexibility index (Phi) is 6.92. The van der Waals surface area contributed by atoms with E-state index in [4.69, 9.17) is 16.3 Å². The molecule has 2 aromatic rings. The van der Waals surface area contributed by atoms with Gasteiger partial charge in [-0.05, 0) is 48.1 Å². The fourth-order valence-electron chi connectivity index (χ4n) is 2.57. The van der Waals surface area contributed by atoms with E-state index in [0.29, 0.717) is 11.6 Å². The van der Waals surface area contributed by atoms with Crippen molar-refractivity contribution in [3.8, 4) is 5.75 Å². The average Bonchev–Trinajstić information content (AvgIpc) is 2.57. The quantitative estimate of drug-likeness (QED) is 0.712. The topological polar surface area (TPSA) is 50.4 Å². The first-order chi connectivity index (χ1) is 12.3. The van der Waals surface area contributed by atoms with Gasteiger partial charge in [0.1, 0.15) is 5.75 Å². The second-order valence-electron chi connectivity index (χ2n) is 7.35. The van der Waals surface area contributed by atoms with Crippen molar-refractivity contribution in [1.82, 2.24) is 10.6 Å². The van der Waals surface area contributed by atoms with Crippen LogP contribution in [0.25, 0.3) is 0 Å². The van der Waals surface area contributed by atoms with E-state index in [1.807, 2.05) is 36.4 Å². The van der Waals surface area contributed by atoms with Gasteiger partial charge >= 0.3 is 6.03 Å². The molecule has 0 aliphatic rings. The van der Waals surface area contributed by atoms with Crippen LogP contribution in [0.1, 0.15) is 37.5 Å². The van der Waals surface area contributed by atoms with Crippen molar-refractivity contribution in [2.75, 3.05) is 13.3 Å². The molecule has 0 aromatic heterocycles. The maximum atomic E-state index is 11.9. The van der Waals surface area contributed by atoms with Crippen LogP contribution in [0.4, 0.5) is 4.79 Å². The number of hydrogen-bond donors (Lipinski definition) is 2. The Morgan fingerprint density at radius 3 is 2.42 bits per heavy atom. The largest absolute Gasteiger partial charge is 0.473 e. The fraction of sp³-hybridized carbons (Fsp3) is 0.381. The van der Waals surface area contributed by atoms with E-state index in [-0.39, 0.29) is 18.2 Å². The molecule has 2 amide bonds. The Morgan fingerprint density at radius 1 is 1.08 bits per heavy atom. The van der Waals surface area contributed by atoms with Crippen molar-refractivity contribution in [1.29, 1.82) is 0 Å². The van der Waals surface area contributed by atoms with Gasteiger partial charge in [0.15, 0.2) is 6.73 Å². The predicted molar refractivity (Wildman–Crippen MR) is 107 cm³/mol. The van der Waals surface area contributed by atoms with Gasteiger partial charge in [-0.2, -0.15) is 0 Å². The summed E-state index contributed by atoms with van der Waals surface area (Å²) in [5, 5.41) is 6.26. The number of hydrogen-bond acceptors (Lipinski definition) is 2. The van der Waals surface area contributed by atoms with E-state index in [9.17, 15) is 4.79 Å². The molecule has 0 aliphatic heterocycles. The van der Waals surface area contributed by atoms with E-state index in [1.165, 1.54) is 5.56 Å². The molecule has 0 unspecified atom stereocenters. The van der Waals surface area contributed by atoms with Crippen molar-refractivity contribution < 1.29 is 9.53 Å². The molecule has 2 aromatic carbocycles. The van der Waals surface area contributed by atoms with E-state index in [2.05, 4.69) is 44.4 Å². The van der Waals surface area contributed by atoms with Crippen molar-refractivity contribution in [2.24, 2.45) is 0 Å². The number of amides is 2. The monoisotopic (exact) mass is 374 g/mol. The Morgan fingerprint density at radius 2 is 1.77 bits per heavy atom. The lowest BCUT2D eigenvalue weighted by Gasteiger charge is -2.23. The Bertz CT molecular complexity index is 737. The molecule has 0 saturated heterocycles. The summed E-state index contributed by atoms with van der Waals surface area (Å²) < 4.78 is 5.78. The minimum atomic E-state index is -0.247. The molecular formula is C21H27ClN2O2. The highest BCUT2D eigenvalue weighted by Crippen LogP contribution is 2.31. The van der Waals surface area contributed by atoms with E-state index in [0.717, 1.165) is 23.3 Å². The molecule has 0 fully saturated rings. The number of rotatable bonds is 6. The first kappa shape index (κ1) is 20.1. The summed E-state index contributed by atoms with van der Waals surface area (Å²) in [6, 6.07) is 13.4. The zero-order valence-electron chi connectivity index (χ0n) is 15.9. The molecule has 140 valence electrons. The van der Waals surface area contributed by atoms with Crippen LogP contribution in [0.15, 0.2) is 42.5 Å². The number of nitrogens with one attached hydrogen (secondary N) is 2. The summed E-state index contributed by atoms with van der Waals surface area (Å²) >= 11 is 5.86. The zero-order valence-corrected chi connectivity index (χ0v) is 16.6. The molecular weight excluding hydrogens is 348 g/mol. The molecule has 0 radical (unpaired) electrons. The third kappa shape index (κ3) is 6.26. The zero-order chi connectivity index (χ0) is 19.2. The molecule has 0 saturated carbocycles. The second-order valence-corrected chi connectivity index (χ2v) is 7.78. The summed E-state index contributed by atoms with van der Waals surface area (Å²) in [5.41, 5.74) is 3.42. The second kappa shape index (κ2) is 8.95. The van der Waals surface area contributed by atoms with Gasteiger partial charge in [0, 0.05) is 11.6 Å². The number of carbonyl (C=O) groups is 1. The Balaban J connectivity index is 1.77. The first-order valence-corrected chi connectivity index (χ1v) is 9.13. The van der Waals surface area contributed by atoms with Gasteiger partial charge < -0.3 is 15.4 Å². The van der Waals surface area contributed by atoms with Gasteiger partial charge in [0.05, 0.1) is 0 Å². The maximum absolute atomic E-state index is 11.9. The summed E-state index contributed by atoms with van der Waals surface area (Å²) in [6.07, 6.45) is 0.748. The van der Waals surface area contributed by atoms with Crippen molar-refractivity contribution in [2.45, 2.75) is 39.5 Å². The van der Waals surface area contributed by atoms with Crippen LogP contribution in [0.3, 0.4) is 0 Å². The van der Waals surface area contributed by atoms with Gasteiger partial charge in [0.25, 0.3) is 0 Å². The van der Waals surface area contributed by atoms with Crippen molar-refractivity contribution in [3.05, 3.63) is 64.2 Å². The summed E-state index contributed by atoms with van der Waals surface area (Å²) in [7, 11) is 0. The van der Waals surface area contributed by atoms with Gasteiger partial charge in [-0.15, -0.1) is 0 Å². The van der Waals surface area contributed by atoms with Crippen molar-refractivity contribution in [3.63, 3.8) is 0 Å². The highest BCUT2D eigenvalue weighted by atomic mass is 35.5. The van der Waals surface area contributed by atoms with E-state index >= 15 is 0 Å². The number of urea groups is 1. The van der Waals surface area contributed by atoms with Crippen LogP contribution in [0.2, 0.25) is 5.02 Å². The number of halogens is 1. The molecule has 5 heteroatoms. The molecule has 0 spiro atoms. The standard InChI is InChI=1S/C21H27ClN2O2/c1-15-5-10-19(18(13-15)21(2,3)4)26-14-24-20(25)23-12-11-16-6-8-17(22)9-7-16/h5-10,13H,11-12,14H2,1-4H3,(H2,23,24,25). The molecule has 2 N–H and O–H groups in total. The number of benzene rings is 2. The van der Waals surface area contributed by atoms with Crippen LogP contribution in [0, 0.1) is 6.92 Å². The van der Waals surface area contributed by atoms with Gasteiger partial charge in [0.2, 0.25) is 0 Å². The third-order valence-electron chi connectivity index (χ3n) is 4.02. The average molecular weight is 375 g/mol. The maximum Gasteiger partial charge on any atom is 0.317 e. The molecule has 0 heterocycles. The minimum absolute atomic E-state index is 0.0256. The van der Waals surface area contributed by atoms with E-state index in [1.54, 1.807) is 0 Å². The number of aryl methyl sites for hydroxylation is 1. The normalized spacial score (nSPS) is 11.1. The van der Waals surface area contributed by atoms with Gasteiger partial charge in [-0.1, -0.05) is 62.2 Å². The highest BCUT2D eigenvalue weighted by molar-refractivity contribution is 6.30. The lowest BCUT2D eigenvalue weighted by atomic mass is 9.85. The summed E-state index contributed by atoms with van der Waals surface area (Å²) in [5.74, 6) is 0.796. The predicted octanol–water partition coefficient (Wildman–Crippen LogP) is 4.82. The number of ether oxygens (including phenoxy) is 1. The number of carbonyl (C=O) groups excluding carboxylic acids is 1. The SMILES string of the molecule is Cc1ccc(OCNC(=O)NCCc2ccc(Cl)cc2)c(C(C)(C)C)c1. The van der Waals surface area contributed by atoms with Crippen LogP contribution in [0.5, 0.6) is 5.75 Å². The molecule has 26 heavy (non-hydrogen) atoms. The minimum Gasteiger partial charge on any atom is -0.473 e. The van der Waals surface area contributed by atoms with Crippen LogP contribution < -0.4 is 15.4 Å². The smallest absolute Gasteiger partial charge is 0.317 e. The molecule has 0 aliphatic carbocycles. The van der Waals surface area contributed by atoms with Gasteiger partial charge in [-0.25, -0.2) is 4.79 Å². The fourth-order valence-corrected chi connectivity index (χ4v) is 2.70. The van der Waals surface area contributed by atoms with Crippen molar-refractivity contribution >= 4 is 17.6 Å². The van der Waals surface area contributed by atoms with Crippen LogP contribution in [-0.4, -0.2) is 19.3 Å². The van der Waals surface area contributed by atoms with Crippen LogP contribution in [-0.2, 0) is 11.8 Å². The third-order valence-corrected chi connectivity index (χ3v) is 4.27. The Hall–Kier alpha value is -2.20. The molecule has 0 bridgehead atoms. The van der Waals surface area contributed by atoms with Gasteiger partial charge in [-0.3, -0.25) is 0 Å². The molecule has 4 nitrogen and oxygen atoms in total. The lowest BCUT2D eigenvalue weighted by Crippen LogP contribution is -2.38. The highest BCUT2D eigenvalue weighted by Gasteiger charge is 2.19. The summed E-state index contributed by atoms with van der Waals surface area (Å²) in [6.45, 7) is 9.16. The van der Waals surface area contributed by atoms with E-state index < -0.39 is 0 Å². The Labute approximate surface area is 160 Å². The van der Waals surface area contributed by atoms with Crippen LogP contribution >= 0.6 is 11.6 Å². The summed E-state index contributed by atoms with van der Waals surface area (Å²) in [4.78, 5) is 11.9. The molecule has 2 rings (SSSR count). The first-order valence-electron chi connectivity index (χ1n) is 8.76. The molecule has 0 atom stereocenters.